The highest BCUT2D eigenvalue weighted by Crippen LogP contribution is 2.28. The van der Waals surface area contributed by atoms with Crippen LogP contribution in [0.5, 0.6) is 0 Å². The first-order chi connectivity index (χ1) is 10.2. The SMILES string of the molecule is C=CCCC(Nc1ncccc1[N+](=O)[O-])c1ccccc1. The molecule has 0 aliphatic carbocycles. The van der Waals surface area contributed by atoms with Crippen LogP contribution in [0.15, 0.2) is 61.3 Å². The molecule has 2 aromatic rings. The fourth-order valence-electron chi connectivity index (χ4n) is 2.11. The van der Waals surface area contributed by atoms with Crippen molar-refractivity contribution in [2.45, 2.75) is 18.9 Å². The van der Waals surface area contributed by atoms with Gasteiger partial charge < -0.3 is 5.32 Å². The van der Waals surface area contributed by atoms with Crippen LogP contribution in [-0.2, 0) is 0 Å². The minimum atomic E-state index is -0.426. The number of pyridine rings is 1. The topological polar surface area (TPSA) is 68.1 Å². The van der Waals surface area contributed by atoms with E-state index in [1.807, 2.05) is 36.4 Å². The zero-order chi connectivity index (χ0) is 15.1. The average molecular weight is 283 g/mol. The van der Waals surface area contributed by atoms with E-state index in [1.165, 1.54) is 6.07 Å². The normalized spacial score (nSPS) is 11.6. The molecule has 0 saturated carbocycles. The Labute approximate surface area is 123 Å². The van der Waals surface area contributed by atoms with Gasteiger partial charge in [0.2, 0.25) is 5.82 Å². The molecule has 1 heterocycles. The number of hydrogen-bond acceptors (Lipinski definition) is 4. The molecule has 108 valence electrons. The van der Waals surface area contributed by atoms with E-state index in [2.05, 4.69) is 16.9 Å². The number of aromatic nitrogens is 1. The number of rotatable bonds is 7. The van der Waals surface area contributed by atoms with E-state index in [0.717, 1.165) is 18.4 Å². The second-order valence-electron chi connectivity index (χ2n) is 4.60. The third-order valence-corrected chi connectivity index (χ3v) is 3.16. The molecule has 1 atom stereocenters. The number of anilines is 1. The van der Waals surface area contributed by atoms with Crippen LogP contribution in [0.2, 0.25) is 0 Å². The lowest BCUT2D eigenvalue weighted by atomic mass is 10.0. The van der Waals surface area contributed by atoms with Gasteiger partial charge in [-0.1, -0.05) is 36.4 Å². The van der Waals surface area contributed by atoms with Gasteiger partial charge in [0, 0.05) is 12.3 Å². The Morgan fingerprint density at radius 3 is 2.71 bits per heavy atom. The smallest absolute Gasteiger partial charge is 0.311 e. The highest BCUT2D eigenvalue weighted by Gasteiger charge is 2.18. The van der Waals surface area contributed by atoms with Crippen molar-refractivity contribution in [3.63, 3.8) is 0 Å². The lowest BCUT2D eigenvalue weighted by molar-refractivity contribution is -0.384. The Hall–Kier alpha value is -2.69. The predicted molar refractivity (Wildman–Crippen MR) is 83.1 cm³/mol. The maximum atomic E-state index is 11.1. The molecule has 5 nitrogen and oxygen atoms in total. The van der Waals surface area contributed by atoms with Gasteiger partial charge in [0.25, 0.3) is 0 Å². The van der Waals surface area contributed by atoms with Crippen molar-refractivity contribution in [3.05, 3.63) is 77.0 Å². The molecule has 1 N–H and O–H groups in total. The van der Waals surface area contributed by atoms with Crippen LogP contribution in [-0.4, -0.2) is 9.91 Å². The number of allylic oxidation sites excluding steroid dienone is 1. The van der Waals surface area contributed by atoms with Crippen LogP contribution in [0.1, 0.15) is 24.4 Å². The standard InChI is InChI=1S/C16H17N3O2/c1-2-3-10-14(13-8-5-4-6-9-13)18-16-15(19(20)21)11-7-12-17-16/h2,4-9,11-12,14H,1,3,10H2,(H,17,18). The van der Waals surface area contributed by atoms with Gasteiger partial charge >= 0.3 is 5.69 Å². The molecule has 0 amide bonds. The van der Waals surface area contributed by atoms with E-state index in [4.69, 9.17) is 0 Å². The van der Waals surface area contributed by atoms with Crippen molar-refractivity contribution >= 4 is 11.5 Å². The van der Waals surface area contributed by atoms with Crippen LogP contribution in [0, 0.1) is 10.1 Å². The van der Waals surface area contributed by atoms with Gasteiger partial charge in [-0.15, -0.1) is 6.58 Å². The first kappa shape index (κ1) is 14.7. The number of hydrogen-bond donors (Lipinski definition) is 1. The third-order valence-electron chi connectivity index (χ3n) is 3.16. The quantitative estimate of drug-likeness (QED) is 0.471. The van der Waals surface area contributed by atoms with Crippen LogP contribution in [0.3, 0.4) is 0 Å². The van der Waals surface area contributed by atoms with E-state index in [1.54, 1.807) is 12.3 Å². The minimum Gasteiger partial charge on any atom is -0.358 e. The van der Waals surface area contributed by atoms with Crippen LogP contribution in [0.4, 0.5) is 11.5 Å². The lowest BCUT2D eigenvalue weighted by Gasteiger charge is -2.19. The van der Waals surface area contributed by atoms with Crippen molar-refractivity contribution in [1.82, 2.24) is 4.98 Å². The largest absolute Gasteiger partial charge is 0.358 e. The molecular formula is C16H17N3O2. The number of benzene rings is 1. The maximum Gasteiger partial charge on any atom is 0.311 e. The molecule has 0 radical (unpaired) electrons. The molecule has 1 aromatic heterocycles. The maximum absolute atomic E-state index is 11.1. The van der Waals surface area contributed by atoms with Gasteiger partial charge in [-0.05, 0) is 24.5 Å². The van der Waals surface area contributed by atoms with E-state index >= 15 is 0 Å². The molecule has 21 heavy (non-hydrogen) atoms. The molecule has 2 rings (SSSR count). The molecule has 1 unspecified atom stereocenters. The first-order valence-electron chi connectivity index (χ1n) is 6.74. The van der Waals surface area contributed by atoms with Crippen LogP contribution >= 0.6 is 0 Å². The van der Waals surface area contributed by atoms with Crippen LogP contribution < -0.4 is 5.32 Å². The average Bonchev–Trinajstić information content (AvgIpc) is 2.52. The second kappa shape index (κ2) is 7.19. The summed E-state index contributed by atoms with van der Waals surface area (Å²) in [4.78, 5) is 14.7. The van der Waals surface area contributed by atoms with Crippen molar-refractivity contribution in [3.8, 4) is 0 Å². The molecule has 1 aromatic carbocycles. The van der Waals surface area contributed by atoms with E-state index in [-0.39, 0.29) is 11.7 Å². The van der Waals surface area contributed by atoms with Gasteiger partial charge in [0.05, 0.1) is 11.0 Å². The molecule has 5 heteroatoms. The third kappa shape index (κ3) is 3.89. The van der Waals surface area contributed by atoms with Gasteiger partial charge in [-0.25, -0.2) is 4.98 Å². The summed E-state index contributed by atoms with van der Waals surface area (Å²) >= 11 is 0. The van der Waals surface area contributed by atoms with Gasteiger partial charge in [0.15, 0.2) is 0 Å². The number of nitrogens with zero attached hydrogens (tertiary/aromatic N) is 2. The highest BCUT2D eigenvalue weighted by atomic mass is 16.6. The zero-order valence-electron chi connectivity index (χ0n) is 11.6. The Balaban J connectivity index is 2.27. The van der Waals surface area contributed by atoms with E-state index in [0.29, 0.717) is 5.82 Å². The van der Waals surface area contributed by atoms with Crippen molar-refractivity contribution < 1.29 is 4.92 Å². The summed E-state index contributed by atoms with van der Waals surface area (Å²) in [5.41, 5.74) is 1.05. The van der Waals surface area contributed by atoms with Crippen molar-refractivity contribution in [1.29, 1.82) is 0 Å². The molecule has 0 saturated heterocycles. The van der Waals surface area contributed by atoms with Gasteiger partial charge in [-0.2, -0.15) is 0 Å². The Bertz CT molecular complexity index is 614. The van der Waals surface area contributed by atoms with E-state index in [9.17, 15) is 10.1 Å². The molecular weight excluding hydrogens is 266 g/mol. The number of nitrogens with one attached hydrogen (secondary N) is 1. The molecule has 0 aliphatic heterocycles. The molecule has 0 aliphatic rings. The summed E-state index contributed by atoms with van der Waals surface area (Å²) in [6, 6.07) is 12.8. The fraction of sp³-hybridized carbons (Fsp3) is 0.188. The Morgan fingerprint density at radius 1 is 1.29 bits per heavy atom. The first-order valence-corrected chi connectivity index (χ1v) is 6.74. The summed E-state index contributed by atoms with van der Waals surface area (Å²) in [5, 5.41) is 14.2. The molecule has 0 spiro atoms. The van der Waals surface area contributed by atoms with E-state index < -0.39 is 4.92 Å². The molecule has 0 fully saturated rings. The summed E-state index contributed by atoms with van der Waals surface area (Å²) in [7, 11) is 0. The minimum absolute atomic E-state index is 0.0166. The Morgan fingerprint density at radius 2 is 2.05 bits per heavy atom. The zero-order valence-corrected chi connectivity index (χ0v) is 11.6. The summed E-state index contributed by atoms with van der Waals surface area (Å²) < 4.78 is 0. The molecule has 0 bridgehead atoms. The second-order valence-corrected chi connectivity index (χ2v) is 4.60. The van der Waals surface area contributed by atoms with Crippen molar-refractivity contribution in [2.24, 2.45) is 0 Å². The van der Waals surface area contributed by atoms with Gasteiger partial charge in [-0.3, -0.25) is 10.1 Å². The summed E-state index contributed by atoms with van der Waals surface area (Å²) in [6.07, 6.45) is 4.99. The number of nitro groups is 1. The van der Waals surface area contributed by atoms with Crippen LogP contribution in [0.25, 0.3) is 0 Å². The fourth-order valence-corrected chi connectivity index (χ4v) is 2.11. The van der Waals surface area contributed by atoms with Gasteiger partial charge in [0.1, 0.15) is 0 Å². The highest BCUT2D eigenvalue weighted by molar-refractivity contribution is 5.56. The Kier molecular flexibility index (Phi) is 5.04. The summed E-state index contributed by atoms with van der Waals surface area (Å²) in [6.45, 7) is 3.73. The monoisotopic (exact) mass is 283 g/mol. The summed E-state index contributed by atoms with van der Waals surface area (Å²) in [5.74, 6) is 0.292. The predicted octanol–water partition coefficient (Wildman–Crippen LogP) is 4.11. The lowest BCUT2D eigenvalue weighted by Crippen LogP contribution is -2.13. The van der Waals surface area contributed by atoms with Crippen molar-refractivity contribution in [2.75, 3.05) is 5.32 Å².